The van der Waals surface area contributed by atoms with Gasteiger partial charge in [0.25, 0.3) is 0 Å². The molecule has 2 unspecified atom stereocenters. The van der Waals surface area contributed by atoms with E-state index in [9.17, 15) is 4.79 Å². The first kappa shape index (κ1) is 13.7. The molecule has 0 aromatic rings. The van der Waals surface area contributed by atoms with Crippen LogP contribution in [-0.4, -0.2) is 42.3 Å². The Balaban J connectivity index is 1.74. The molecular weight excluding hydrogens is 228 g/mol. The maximum Gasteiger partial charge on any atom is 0.407 e. The van der Waals surface area contributed by atoms with Crippen LogP contribution in [0.2, 0.25) is 0 Å². The van der Waals surface area contributed by atoms with Crippen molar-refractivity contribution in [2.24, 2.45) is 5.92 Å². The average Bonchev–Trinajstić information content (AvgIpc) is 2.50. The Hall–Kier alpha value is -0.770. The van der Waals surface area contributed by atoms with Gasteiger partial charge in [0, 0.05) is 18.6 Å². The summed E-state index contributed by atoms with van der Waals surface area (Å²) in [5, 5.41) is 2.91. The van der Waals surface area contributed by atoms with Crippen LogP contribution in [0.1, 0.15) is 46.5 Å². The number of piperidine rings is 1. The van der Waals surface area contributed by atoms with Crippen molar-refractivity contribution in [1.82, 2.24) is 10.2 Å². The Kier molecular flexibility index (Phi) is 3.85. The summed E-state index contributed by atoms with van der Waals surface area (Å²) in [5.74, 6) is 0.617. The normalized spacial score (nSPS) is 32.3. The lowest BCUT2D eigenvalue weighted by atomic mass is 9.91. The van der Waals surface area contributed by atoms with Crippen molar-refractivity contribution in [3.05, 3.63) is 0 Å². The minimum absolute atomic E-state index is 0.284. The van der Waals surface area contributed by atoms with Crippen molar-refractivity contribution in [2.75, 3.05) is 13.6 Å². The van der Waals surface area contributed by atoms with Crippen molar-refractivity contribution in [2.45, 2.75) is 64.1 Å². The van der Waals surface area contributed by atoms with Gasteiger partial charge in [-0.3, -0.25) is 0 Å². The number of fused-ring (bicyclic) bond motifs is 2. The molecule has 4 nitrogen and oxygen atoms in total. The molecule has 0 aliphatic carbocycles. The van der Waals surface area contributed by atoms with Gasteiger partial charge in [-0.1, -0.05) is 0 Å². The van der Waals surface area contributed by atoms with E-state index in [0.29, 0.717) is 5.92 Å². The van der Waals surface area contributed by atoms with Crippen LogP contribution in [-0.2, 0) is 4.74 Å². The monoisotopic (exact) mass is 254 g/mol. The van der Waals surface area contributed by atoms with Crippen molar-refractivity contribution in [3.8, 4) is 0 Å². The molecule has 2 aliphatic rings. The van der Waals surface area contributed by atoms with Crippen LogP contribution in [0.25, 0.3) is 0 Å². The number of nitrogens with zero attached hydrogens (tertiary/aromatic N) is 1. The van der Waals surface area contributed by atoms with E-state index in [0.717, 1.165) is 18.6 Å². The number of carbonyl (C=O) groups is 1. The van der Waals surface area contributed by atoms with Gasteiger partial charge >= 0.3 is 6.09 Å². The summed E-state index contributed by atoms with van der Waals surface area (Å²) in [7, 11) is 2.24. The molecule has 0 saturated carbocycles. The molecule has 0 aromatic heterocycles. The molecule has 4 heteroatoms. The number of amides is 1. The van der Waals surface area contributed by atoms with E-state index < -0.39 is 5.60 Å². The first-order valence-corrected chi connectivity index (χ1v) is 7.04. The van der Waals surface area contributed by atoms with Crippen molar-refractivity contribution >= 4 is 6.09 Å². The molecule has 104 valence electrons. The third kappa shape index (κ3) is 3.37. The summed E-state index contributed by atoms with van der Waals surface area (Å²) in [4.78, 5) is 14.1. The molecular formula is C14H26N2O2. The molecule has 2 aliphatic heterocycles. The largest absolute Gasteiger partial charge is 0.444 e. The number of ether oxygens (including phenoxy) is 1. The molecule has 2 heterocycles. The van der Waals surface area contributed by atoms with E-state index in [1.807, 2.05) is 20.8 Å². The van der Waals surface area contributed by atoms with Gasteiger partial charge in [0.1, 0.15) is 5.60 Å². The molecule has 1 N–H and O–H groups in total. The predicted octanol–water partition coefficient (Wildman–Crippen LogP) is 2.38. The number of carbonyl (C=O) groups excluding carboxylic acids is 1. The van der Waals surface area contributed by atoms with E-state index in [-0.39, 0.29) is 6.09 Å². The van der Waals surface area contributed by atoms with Gasteiger partial charge < -0.3 is 15.0 Å². The van der Waals surface area contributed by atoms with Crippen LogP contribution in [0.3, 0.4) is 0 Å². The van der Waals surface area contributed by atoms with Gasteiger partial charge in [-0.2, -0.15) is 0 Å². The number of alkyl carbamates (subject to hydrolysis) is 1. The van der Waals surface area contributed by atoms with Gasteiger partial charge in [-0.15, -0.1) is 0 Å². The summed E-state index contributed by atoms with van der Waals surface area (Å²) in [6.45, 7) is 6.43. The van der Waals surface area contributed by atoms with Crippen LogP contribution < -0.4 is 5.32 Å². The molecule has 1 amide bonds. The van der Waals surface area contributed by atoms with Crippen LogP contribution in [0.5, 0.6) is 0 Å². The highest BCUT2D eigenvalue weighted by atomic mass is 16.6. The van der Waals surface area contributed by atoms with E-state index >= 15 is 0 Å². The summed E-state index contributed by atoms with van der Waals surface area (Å²) >= 11 is 0. The second kappa shape index (κ2) is 5.08. The van der Waals surface area contributed by atoms with E-state index in [2.05, 4.69) is 17.3 Å². The fraction of sp³-hybridized carbons (Fsp3) is 0.929. The van der Waals surface area contributed by atoms with E-state index in [4.69, 9.17) is 4.74 Å². The van der Waals surface area contributed by atoms with Gasteiger partial charge in [0.15, 0.2) is 0 Å². The van der Waals surface area contributed by atoms with E-state index in [1.54, 1.807) is 0 Å². The highest BCUT2D eigenvalue weighted by Crippen LogP contribution is 2.36. The van der Waals surface area contributed by atoms with Crippen molar-refractivity contribution in [1.29, 1.82) is 0 Å². The standard InChI is InChI=1S/C14H26N2O2/c1-14(2,3)18-13(17)15-9-10-7-11-5-6-12(8-10)16(11)4/h10-12H,5-9H2,1-4H3,(H,15,17). The Bertz CT molecular complexity index is 297. The zero-order chi connectivity index (χ0) is 13.3. The summed E-state index contributed by atoms with van der Waals surface area (Å²) in [5.41, 5.74) is -0.407. The zero-order valence-electron chi connectivity index (χ0n) is 12.0. The molecule has 2 rings (SSSR count). The maximum absolute atomic E-state index is 11.6. The van der Waals surface area contributed by atoms with Crippen LogP contribution in [0.4, 0.5) is 4.79 Å². The third-order valence-corrected chi connectivity index (χ3v) is 4.13. The lowest BCUT2D eigenvalue weighted by molar-refractivity contribution is 0.0500. The molecule has 0 spiro atoms. The fourth-order valence-electron chi connectivity index (χ4n) is 3.23. The lowest BCUT2D eigenvalue weighted by Crippen LogP contribution is -2.44. The molecule has 2 saturated heterocycles. The Labute approximate surface area is 110 Å². The zero-order valence-corrected chi connectivity index (χ0v) is 12.0. The SMILES string of the molecule is CN1C2CCC1CC(CNC(=O)OC(C)(C)C)C2. The lowest BCUT2D eigenvalue weighted by Gasteiger charge is -2.36. The van der Waals surface area contributed by atoms with Crippen LogP contribution in [0, 0.1) is 5.92 Å². The number of nitrogens with one attached hydrogen (secondary N) is 1. The maximum atomic E-state index is 11.6. The Morgan fingerprint density at radius 3 is 2.33 bits per heavy atom. The number of hydrogen-bond donors (Lipinski definition) is 1. The van der Waals surface area contributed by atoms with Gasteiger partial charge in [0.2, 0.25) is 0 Å². The highest BCUT2D eigenvalue weighted by molar-refractivity contribution is 5.67. The number of hydrogen-bond acceptors (Lipinski definition) is 3. The van der Waals surface area contributed by atoms with Crippen LogP contribution >= 0.6 is 0 Å². The van der Waals surface area contributed by atoms with E-state index in [1.165, 1.54) is 25.7 Å². The smallest absolute Gasteiger partial charge is 0.407 e. The highest BCUT2D eigenvalue weighted by Gasteiger charge is 2.38. The van der Waals surface area contributed by atoms with Gasteiger partial charge in [-0.25, -0.2) is 4.79 Å². The fourth-order valence-corrected chi connectivity index (χ4v) is 3.23. The second-order valence-electron chi connectivity index (χ2n) is 6.77. The molecule has 2 atom stereocenters. The Morgan fingerprint density at radius 2 is 1.83 bits per heavy atom. The minimum Gasteiger partial charge on any atom is -0.444 e. The van der Waals surface area contributed by atoms with Crippen molar-refractivity contribution in [3.63, 3.8) is 0 Å². The summed E-state index contributed by atoms with van der Waals surface area (Å²) in [6.07, 6.45) is 4.79. The summed E-state index contributed by atoms with van der Waals surface area (Å²) < 4.78 is 5.26. The molecule has 0 aromatic carbocycles. The van der Waals surface area contributed by atoms with Crippen LogP contribution in [0.15, 0.2) is 0 Å². The predicted molar refractivity (Wildman–Crippen MR) is 71.5 cm³/mol. The quantitative estimate of drug-likeness (QED) is 0.822. The summed E-state index contributed by atoms with van der Waals surface area (Å²) in [6, 6.07) is 1.46. The molecule has 18 heavy (non-hydrogen) atoms. The molecule has 2 fully saturated rings. The first-order chi connectivity index (χ1) is 8.35. The topological polar surface area (TPSA) is 41.6 Å². The molecule has 0 radical (unpaired) electrons. The average molecular weight is 254 g/mol. The third-order valence-electron chi connectivity index (χ3n) is 4.13. The van der Waals surface area contributed by atoms with Crippen molar-refractivity contribution < 1.29 is 9.53 Å². The second-order valence-corrected chi connectivity index (χ2v) is 6.77. The van der Waals surface area contributed by atoms with Gasteiger partial charge in [-0.05, 0) is 59.4 Å². The number of rotatable bonds is 2. The Morgan fingerprint density at radius 1 is 1.28 bits per heavy atom. The minimum atomic E-state index is -0.407. The van der Waals surface area contributed by atoms with Gasteiger partial charge in [0.05, 0.1) is 0 Å². The first-order valence-electron chi connectivity index (χ1n) is 7.04. The molecule has 2 bridgehead atoms.